The Hall–Kier alpha value is -1.36. The van der Waals surface area contributed by atoms with E-state index in [1.807, 2.05) is 31.3 Å². The molecule has 5 heteroatoms. The zero-order chi connectivity index (χ0) is 12.8. The molecule has 17 heavy (non-hydrogen) atoms. The Morgan fingerprint density at radius 1 is 1.47 bits per heavy atom. The van der Waals surface area contributed by atoms with E-state index in [1.165, 1.54) is 0 Å². The molecule has 1 rings (SSSR count). The fraction of sp³-hybridized carbons (Fsp3) is 0.417. The standard InChI is InChI=1S/C12H19N3OS/c1-15(2)11-5-4-9(13)8-10(11)12(16)14-6-7-17-3/h4-5,8H,6-7,13H2,1-3H3,(H,14,16). The number of thioether (sulfide) groups is 1. The molecule has 0 spiro atoms. The van der Waals surface area contributed by atoms with Gasteiger partial charge in [0.25, 0.3) is 5.91 Å². The highest BCUT2D eigenvalue weighted by molar-refractivity contribution is 7.98. The Morgan fingerprint density at radius 2 is 2.18 bits per heavy atom. The minimum absolute atomic E-state index is 0.0740. The number of nitrogens with zero attached hydrogens (tertiary/aromatic N) is 1. The maximum atomic E-state index is 12.0. The molecule has 0 aromatic heterocycles. The van der Waals surface area contributed by atoms with Crippen LogP contribution in [0, 0.1) is 0 Å². The molecule has 0 unspecified atom stereocenters. The number of hydrogen-bond acceptors (Lipinski definition) is 4. The first kappa shape index (κ1) is 13.7. The first-order valence-electron chi connectivity index (χ1n) is 5.40. The van der Waals surface area contributed by atoms with Crippen molar-refractivity contribution in [3.8, 4) is 0 Å². The highest BCUT2D eigenvalue weighted by Crippen LogP contribution is 2.21. The number of nitrogens with two attached hydrogens (primary N) is 1. The van der Waals surface area contributed by atoms with E-state index in [1.54, 1.807) is 23.9 Å². The Kier molecular flexibility index (Phi) is 5.15. The minimum atomic E-state index is -0.0740. The predicted molar refractivity (Wildman–Crippen MR) is 75.9 cm³/mol. The molecule has 1 amide bonds. The van der Waals surface area contributed by atoms with E-state index in [4.69, 9.17) is 5.73 Å². The molecular weight excluding hydrogens is 234 g/mol. The lowest BCUT2D eigenvalue weighted by Gasteiger charge is -2.17. The van der Waals surface area contributed by atoms with Crippen LogP contribution in [0.3, 0.4) is 0 Å². The first-order valence-corrected chi connectivity index (χ1v) is 6.79. The molecule has 94 valence electrons. The van der Waals surface area contributed by atoms with E-state index in [-0.39, 0.29) is 5.91 Å². The summed E-state index contributed by atoms with van der Waals surface area (Å²) in [7, 11) is 3.81. The molecule has 1 aromatic rings. The van der Waals surface area contributed by atoms with Crippen LogP contribution in [0.2, 0.25) is 0 Å². The van der Waals surface area contributed by atoms with Crippen LogP contribution in [0.15, 0.2) is 18.2 Å². The zero-order valence-corrected chi connectivity index (χ0v) is 11.3. The predicted octanol–water partition coefficient (Wildman–Crippen LogP) is 1.43. The number of amides is 1. The molecular formula is C12H19N3OS. The Labute approximate surface area is 107 Å². The zero-order valence-electron chi connectivity index (χ0n) is 10.5. The topological polar surface area (TPSA) is 58.4 Å². The van der Waals surface area contributed by atoms with Crippen molar-refractivity contribution >= 4 is 29.0 Å². The maximum Gasteiger partial charge on any atom is 0.253 e. The lowest BCUT2D eigenvalue weighted by Crippen LogP contribution is -2.27. The first-order chi connectivity index (χ1) is 8.06. The van der Waals surface area contributed by atoms with Gasteiger partial charge in [0.2, 0.25) is 0 Å². The van der Waals surface area contributed by atoms with Crippen LogP contribution in [0.4, 0.5) is 11.4 Å². The number of nitrogen functional groups attached to an aromatic ring is 1. The fourth-order valence-corrected chi connectivity index (χ4v) is 1.79. The van der Waals surface area contributed by atoms with Crippen molar-refractivity contribution in [2.24, 2.45) is 0 Å². The van der Waals surface area contributed by atoms with Crippen LogP contribution in [0.25, 0.3) is 0 Å². The van der Waals surface area contributed by atoms with Crippen molar-refractivity contribution in [1.82, 2.24) is 5.32 Å². The van der Waals surface area contributed by atoms with Gasteiger partial charge in [0.05, 0.1) is 5.56 Å². The van der Waals surface area contributed by atoms with Gasteiger partial charge >= 0.3 is 0 Å². The second kappa shape index (κ2) is 6.39. The molecule has 0 radical (unpaired) electrons. The van der Waals surface area contributed by atoms with E-state index in [0.717, 1.165) is 11.4 Å². The van der Waals surface area contributed by atoms with Crippen molar-refractivity contribution < 1.29 is 4.79 Å². The van der Waals surface area contributed by atoms with Crippen molar-refractivity contribution in [1.29, 1.82) is 0 Å². The number of rotatable bonds is 5. The van der Waals surface area contributed by atoms with Crippen LogP contribution >= 0.6 is 11.8 Å². The van der Waals surface area contributed by atoms with Crippen LogP contribution in [-0.4, -0.2) is 38.6 Å². The van der Waals surface area contributed by atoms with Crippen molar-refractivity contribution in [2.45, 2.75) is 0 Å². The summed E-state index contributed by atoms with van der Waals surface area (Å²) in [6.45, 7) is 0.668. The van der Waals surface area contributed by atoms with E-state index < -0.39 is 0 Å². The van der Waals surface area contributed by atoms with Gasteiger partial charge in [0.15, 0.2) is 0 Å². The van der Waals surface area contributed by atoms with Gasteiger partial charge in [-0.3, -0.25) is 4.79 Å². The highest BCUT2D eigenvalue weighted by Gasteiger charge is 2.12. The fourth-order valence-electron chi connectivity index (χ4n) is 1.49. The molecule has 0 aliphatic heterocycles. The van der Waals surface area contributed by atoms with Crippen LogP contribution in [-0.2, 0) is 0 Å². The smallest absolute Gasteiger partial charge is 0.253 e. The molecule has 0 saturated heterocycles. The second-order valence-electron chi connectivity index (χ2n) is 3.92. The van der Waals surface area contributed by atoms with Crippen molar-refractivity contribution in [3.05, 3.63) is 23.8 Å². The summed E-state index contributed by atoms with van der Waals surface area (Å²) in [5, 5.41) is 2.88. The monoisotopic (exact) mass is 253 g/mol. The summed E-state index contributed by atoms with van der Waals surface area (Å²) in [6.07, 6.45) is 2.01. The molecule has 3 N–H and O–H groups in total. The van der Waals surface area contributed by atoms with Gasteiger partial charge in [0, 0.05) is 37.8 Å². The van der Waals surface area contributed by atoms with Crippen LogP contribution in [0.5, 0.6) is 0 Å². The Morgan fingerprint density at radius 3 is 2.76 bits per heavy atom. The van der Waals surface area contributed by atoms with Gasteiger partial charge in [-0.05, 0) is 24.5 Å². The summed E-state index contributed by atoms with van der Waals surface area (Å²) in [5.41, 5.74) is 7.82. The summed E-state index contributed by atoms with van der Waals surface area (Å²) < 4.78 is 0. The van der Waals surface area contributed by atoms with Crippen molar-refractivity contribution in [2.75, 3.05) is 43.3 Å². The number of hydrogen-bond donors (Lipinski definition) is 2. The summed E-state index contributed by atoms with van der Waals surface area (Å²) in [4.78, 5) is 13.9. The van der Waals surface area contributed by atoms with Gasteiger partial charge < -0.3 is 16.0 Å². The quantitative estimate of drug-likeness (QED) is 0.615. The molecule has 0 aliphatic carbocycles. The summed E-state index contributed by atoms with van der Waals surface area (Å²) in [6, 6.07) is 5.37. The Bertz CT molecular complexity index is 393. The van der Waals surface area contributed by atoms with Crippen molar-refractivity contribution in [3.63, 3.8) is 0 Å². The molecule has 0 saturated carbocycles. The Balaban J connectivity index is 2.87. The average molecular weight is 253 g/mol. The number of benzene rings is 1. The third kappa shape index (κ3) is 3.85. The van der Waals surface area contributed by atoms with Gasteiger partial charge in [-0.25, -0.2) is 0 Å². The van der Waals surface area contributed by atoms with Crippen LogP contribution < -0.4 is 16.0 Å². The number of nitrogens with one attached hydrogen (secondary N) is 1. The van der Waals surface area contributed by atoms with E-state index >= 15 is 0 Å². The van der Waals surface area contributed by atoms with Gasteiger partial charge in [0.1, 0.15) is 0 Å². The minimum Gasteiger partial charge on any atom is -0.399 e. The largest absolute Gasteiger partial charge is 0.399 e. The molecule has 0 fully saturated rings. The average Bonchev–Trinajstić information content (AvgIpc) is 2.28. The van der Waals surface area contributed by atoms with Crippen LogP contribution in [0.1, 0.15) is 10.4 Å². The molecule has 1 aromatic carbocycles. The normalized spacial score (nSPS) is 10.1. The maximum absolute atomic E-state index is 12.0. The SMILES string of the molecule is CSCCNC(=O)c1cc(N)ccc1N(C)C. The lowest BCUT2D eigenvalue weighted by atomic mass is 10.1. The molecule has 0 bridgehead atoms. The molecule has 0 atom stereocenters. The highest BCUT2D eigenvalue weighted by atomic mass is 32.2. The second-order valence-corrected chi connectivity index (χ2v) is 4.91. The van der Waals surface area contributed by atoms with Gasteiger partial charge in [-0.2, -0.15) is 11.8 Å². The number of carbonyl (C=O) groups excluding carboxylic acids is 1. The number of carbonyl (C=O) groups is 1. The van der Waals surface area contributed by atoms with E-state index in [0.29, 0.717) is 17.8 Å². The third-order valence-corrected chi connectivity index (χ3v) is 2.95. The third-order valence-electron chi connectivity index (χ3n) is 2.34. The number of anilines is 2. The lowest BCUT2D eigenvalue weighted by molar-refractivity contribution is 0.0957. The van der Waals surface area contributed by atoms with Gasteiger partial charge in [-0.15, -0.1) is 0 Å². The summed E-state index contributed by atoms with van der Waals surface area (Å²) >= 11 is 1.70. The van der Waals surface area contributed by atoms with E-state index in [9.17, 15) is 4.79 Å². The summed E-state index contributed by atoms with van der Waals surface area (Å²) in [5.74, 6) is 0.834. The van der Waals surface area contributed by atoms with Gasteiger partial charge in [-0.1, -0.05) is 0 Å². The molecule has 0 aliphatic rings. The van der Waals surface area contributed by atoms with E-state index in [2.05, 4.69) is 5.32 Å². The molecule has 4 nitrogen and oxygen atoms in total. The molecule has 0 heterocycles.